The Balaban J connectivity index is 3.78. The molecule has 0 heterocycles. The van der Waals surface area contributed by atoms with Crippen LogP contribution in [0.1, 0.15) is 52.4 Å². The first-order valence-corrected chi connectivity index (χ1v) is 11.0. The third-order valence-electron chi connectivity index (χ3n) is 3.92. The first kappa shape index (κ1) is 21.1. The molecule has 128 valence electrons. The molecule has 5 heteroatoms. The second-order valence-corrected chi connectivity index (χ2v) is 9.37. The van der Waals surface area contributed by atoms with Crippen LogP contribution in [0.4, 0.5) is 0 Å². The molecular formula is C16H38N2O2Si. The van der Waals surface area contributed by atoms with Gasteiger partial charge < -0.3 is 19.5 Å². The molecule has 21 heavy (non-hydrogen) atoms. The van der Waals surface area contributed by atoms with Gasteiger partial charge in [0.25, 0.3) is 0 Å². The van der Waals surface area contributed by atoms with Crippen LogP contribution in [0.2, 0.25) is 12.1 Å². The quantitative estimate of drug-likeness (QED) is 0.338. The molecular weight excluding hydrogens is 280 g/mol. The molecule has 0 aliphatic heterocycles. The Bertz CT molecular complexity index is 196. The van der Waals surface area contributed by atoms with Crippen LogP contribution in [0, 0.1) is 0 Å². The van der Waals surface area contributed by atoms with E-state index < -0.39 is 8.56 Å². The van der Waals surface area contributed by atoms with Gasteiger partial charge in [0, 0.05) is 14.2 Å². The van der Waals surface area contributed by atoms with Gasteiger partial charge in [0.1, 0.15) is 0 Å². The zero-order valence-electron chi connectivity index (χ0n) is 14.8. The summed E-state index contributed by atoms with van der Waals surface area (Å²) in [5.74, 6) is 0. The minimum atomic E-state index is -1.94. The van der Waals surface area contributed by atoms with E-state index in [1.54, 1.807) is 0 Å². The van der Waals surface area contributed by atoms with Crippen LogP contribution >= 0.6 is 0 Å². The summed E-state index contributed by atoms with van der Waals surface area (Å²) in [5.41, 5.74) is 0. The summed E-state index contributed by atoms with van der Waals surface area (Å²) >= 11 is 0. The van der Waals surface area contributed by atoms with Crippen LogP contribution in [0.25, 0.3) is 0 Å². The smallest absolute Gasteiger partial charge is 0.337 e. The maximum absolute atomic E-state index is 5.82. The molecule has 0 aliphatic carbocycles. The Kier molecular flexibility index (Phi) is 15.0. The number of hydrogen-bond donors (Lipinski definition) is 2. The first-order valence-electron chi connectivity index (χ1n) is 8.76. The molecule has 0 spiro atoms. The van der Waals surface area contributed by atoms with Crippen molar-refractivity contribution in [1.29, 1.82) is 0 Å². The predicted molar refractivity (Wildman–Crippen MR) is 94.2 cm³/mol. The van der Waals surface area contributed by atoms with Crippen molar-refractivity contribution < 1.29 is 8.85 Å². The normalized spacial score (nSPS) is 12.0. The Hall–Kier alpha value is 0.0569. The van der Waals surface area contributed by atoms with Gasteiger partial charge >= 0.3 is 8.56 Å². The summed E-state index contributed by atoms with van der Waals surface area (Å²) in [5, 5.41) is 6.91. The van der Waals surface area contributed by atoms with Crippen molar-refractivity contribution in [3.63, 3.8) is 0 Å². The highest BCUT2D eigenvalue weighted by Crippen LogP contribution is 2.23. The van der Waals surface area contributed by atoms with Gasteiger partial charge in [-0.15, -0.1) is 0 Å². The van der Waals surface area contributed by atoms with E-state index in [9.17, 15) is 0 Å². The monoisotopic (exact) mass is 318 g/mol. The SMILES string of the molecule is CCCNCCCC[Si](CCCCNCCC)(OC)OC. The van der Waals surface area contributed by atoms with E-state index in [4.69, 9.17) is 8.85 Å². The fourth-order valence-electron chi connectivity index (χ4n) is 2.51. The summed E-state index contributed by atoms with van der Waals surface area (Å²) in [6, 6.07) is 2.24. The molecule has 0 rings (SSSR count). The molecule has 0 bridgehead atoms. The molecule has 0 atom stereocenters. The lowest BCUT2D eigenvalue weighted by molar-refractivity contribution is 0.238. The van der Waals surface area contributed by atoms with E-state index in [1.807, 2.05) is 14.2 Å². The summed E-state index contributed by atoms with van der Waals surface area (Å²) in [7, 11) is 1.73. The number of hydrogen-bond acceptors (Lipinski definition) is 4. The second kappa shape index (κ2) is 15.0. The lowest BCUT2D eigenvalue weighted by Crippen LogP contribution is -2.40. The fourth-order valence-corrected chi connectivity index (χ4v) is 5.32. The molecule has 0 aromatic heterocycles. The fraction of sp³-hybridized carbons (Fsp3) is 1.00. The van der Waals surface area contributed by atoms with E-state index in [1.165, 1.54) is 38.5 Å². The topological polar surface area (TPSA) is 42.5 Å². The van der Waals surface area contributed by atoms with Gasteiger partial charge in [0.05, 0.1) is 0 Å². The minimum Gasteiger partial charge on any atom is -0.398 e. The van der Waals surface area contributed by atoms with Gasteiger partial charge in [-0.25, -0.2) is 0 Å². The van der Waals surface area contributed by atoms with Gasteiger partial charge in [0.2, 0.25) is 0 Å². The average Bonchev–Trinajstić information content (AvgIpc) is 2.52. The second-order valence-electron chi connectivity index (χ2n) is 5.73. The summed E-state index contributed by atoms with van der Waals surface area (Å²) in [6.07, 6.45) is 7.28. The van der Waals surface area contributed by atoms with Crippen LogP contribution in [0.5, 0.6) is 0 Å². The zero-order chi connectivity index (χ0) is 15.8. The van der Waals surface area contributed by atoms with Crippen LogP contribution < -0.4 is 10.6 Å². The Morgan fingerprint density at radius 3 is 1.43 bits per heavy atom. The highest BCUT2D eigenvalue weighted by Gasteiger charge is 2.33. The number of unbranched alkanes of at least 4 members (excludes halogenated alkanes) is 2. The summed E-state index contributed by atoms with van der Waals surface area (Å²) in [4.78, 5) is 0. The van der Waals surface area contributed by atoms with Crippen LogP contribution in [0.15, 0.2) is 0 Å². The number of rotatable bonds is 16. The molecule has 2 N–H and O–H groups in total. The third kappa shape index (κ3) is 11.3. The predicted octanol–water partition coefficient (Wildman–Crippen LogP) is 3.28. The molecule has 0 saturated carbocycles. The van der Waals surface area contributed by atoms with Crippen molar-refractivity contribution in [1.82, 2.24) is 10.6 Å². The minimum absolute atomic E-state index is 1.12. The third-order valence-corrected chi connectivity index (χ3v) is 7.64. The zero-order valence-corrected chi connectivity index (χ0v) is 15.8. The molecule has 0 aromatic rings. The maximum Gasteiger partial charge on any atom is 0.337 e. The highest BCUT2D eigenvalue weighted by atomic mass is 28.4. The van der Waals surface area contributed by atoms with Crippen molar-refractivity contribution in [2.24, 2.45) is 0 Å². The van der Waals surface area contributed by atoms with E-state index in [-0.39, 0.29) is 0 Å². The van der Waals surface area contributed by atoms with Crippen molar-refractivity contribution in [2.45, 2.75) is 64.5 Å². The molecule has 0 fully saturated rings. The first-order chi connectivity index (χ1) is 10.2. The van der Waals surface area contributed by atoms with E-state index in [0.717, 1.165) is 38.3 Å². The molecule has 0 radical (unpaired) electrons. The van der Waals surface area contributed by atoms with Gasteiger partial charge in [0.15, 0.2) is 0 Å². The molecule has 0 aromatic carbocycles. The molecule has 0 saturated heterocycles. The molecule has 0 amide bonds. The van der Waals surface area contributed by atoms with E-state index in [2.05, 4.69) is 24.5 Å². The van der Waals surface area contributed by atoms with Crippen molar-refractivity contribution >= 4 is 8.56 Å². The largest absolute Gasteiger partial charge is 0.398 e. The van der Waals surface area contributed by atoms with Gasteiger partial charge in [-0.3, -0.25) is 0 Å². The lowest BCUT2D eigenvalue weighted by atomic mass is 10.3. The standard InChI is InChI=1S/C16H38N2O2Si/c1-5-11-17-13-7-9-15-21(19-3,20-4)16-10-8-14-18-12-6-2/h17-18H,5-16H2,1-4H3. The Morgan fingerprint density at radius 2 is 1.10 bits per heavy atom. The molecule has 4 nitrogen and oxygen atoms in total. The van der Waals surface area contributed by atoms with Crippen LogP contribution in [0.3, 0.4) is 0 Å². The van der Waals surface area contributed by atoms with E-state index in [0.29, 0.717) is 0 Å². The summed E-state index contributed by atoms with van der Waals surface area (Å²) in [6.45, 7) is 8.90. The maximum atomic E-state index is 5.82. The van der Waals surface area contributed by atoms with Gasteiger partial charge in [-0.2, -0.15) is 0 Å². The Morgan fingerprint density at radius 1 is 0.667 bits per heavy atom. The lowest BCUT2D eigenvalue weighted by Gasteiger charge is -2.27. The summed E-state index contributed by atoms with van der Waals surface area (Å²) < 4.78 is 11.6. The van der Waals surface area contributed by atoms with E-state index >= 15 is 0 Å². The van der Waals surface area contributed by atoms with Crippen molar-refractivity contribution in [3.8, 4) is 0 Å². The molecule has 0 aliphatic rings. The molecule has 0 unspecified atom stereocenters. The average molecular weight is 319 g/mol. The Labute approximate surface area is 133 Å². The van der Waals surface area contributed by atoms with Crippen LogP contribution in [-0.4, -0.2) is 49.0 Å². The van der Waals surface area contributed by atoms with Crippen molar-refractivity contribution in [3.05, 3.63) is 0 Å². The van der Waals surface area contributed by atoms with Gasteiger partial charge in [-0.05, 0) is 64.0 Å². The van der Waals surface area contributed by atoms with Crippen molar-refractivity contribution in [2.75, 3.05) is 40.4 Å². The van der Waals surface area contributed by atoms with Gasteiger partial charge in [-0.1, -0.05) is 26.7 Å². The number of nitrogens with one attached hydrogen (secondary N) is 2. The van der Waals surface area contributed by atoms with Crippen LogP contribution in [-0.2, 0) is 8.85 Å². The highest BCUT2D eigenvalue weighted by molar-refractivity contribution is 6.67.